The number of rotatable bonds is 4. The number of sulfone groups is 1. The number of nitrogen functional groups attached to an aromatic ring is 1. The van der Waals surface area contributed by atoms with Gasteiger partial charge < -0.3 is 15.4 Å². The third-order valence-electron chi connectivity index (χ3n) is 4.17. The molecule has 0 bridgehead atoms. The Kier molecular flexibility index (Phi) is 4.04. The number of carbonyl (C=O) groups is 1. The van der Waals surface area contributed by atoms with Crippen LogP contribution < -0.4 is 5.73 Å². The average molecular weight is 358 g/mol. The molecule has 0 unspecified atom stereocenters. The lowest BCUT2D eigenvalue weighted by molar-refractivity contribution is 0.0687. The Labute approximate surface area is 145 Å². The molecule has 0 aliphatic rings. The molecular weight excluding hydrogens is 340 g/mol. The van der Waals surface area contributed by atoms with Gasteiger partial charge in [-0.2, -0.15) is 0 Å². The fourth-order valence-corrected chi connectivity index (χ4v) is 4.42. The largest absolute Gasteiger partial charge is 0.477 e. The Bertz CT molecular complexity index is 1080. The van der Waals surface area contributed by atoms with Gasteiger partial charge in [0.2, 0.25) is 0 Å². The van der Waals surface area contributed by atoms with E-state index in [1.807, 2.05) is 30.3 Å². The molecule has 0 spiro atoms. The van der Waals surface area contributed by atoms with E-state index in [9.17, 15) is 18.3 Å². The Morgan fingerprint density at radius 3 is 2.36 bits per heavy atom. The maximum atomic E-state index is 12.3. The molecule has 0 amide bonds. The second kappa shape index (κ2) is 5.93. The molecule has 0 aliphatic carbocycles. The molecule has 0 saturated heterocycles. The van der Waals surface area contributed by atoms with Crippen molar-refractivity contribution in [3.63, 3.8) is 0 Å². The molecule has 3 aromatic rings. The number of nitrogens with zero attached hydrogens (tertiary/aromatic N) is 1. The van der Waals surface area contributed by atoms with Crippen LogP contribution in [0.3, 0.4) is 0 Å². The highest BCUT2D eigenvalue weighted by atomic mass is 32.2. The summed E-state index contributed by atoms with van der Waals surface area (Å²) < 4.78 is 26.1. The number of fused-ring (bicyclic) bond motifs is 1. The van der Waals surface area contributed by atoms with E-state index >= 15 is 0 Å². The van der Waals surface area contributed by atoms with Crippen molar-refractivity contribution in [2.24, 2.45) is 0 Å². The smallest absolute Gasteiger partial charge is 0.354 e. The van der Waals surface area contributed by atoms with E-state index in [1.54, 1.807) is 23.6 Å². The first-order valence-corrected chi connectivity index (χ1v) is 9.49. The van der Waals surface area contributed by atoms with Gasteiger partial charge in [-0.15, -0.1) is 0 Å². The van der Waals surface area contributed by atoms with Crippen molar-refractivity contribution in [3.05, 3.63) is 59.3 Å². The summed E-state index contributed by atoms with van der Waals surface area (Å²) in [4.78, 5) is 11.9. The summed E-state index contributed by atoms with van der Waals surface area (Å²) in [6.45, 7) is 1.95. The molecule has 2 aromatic carbocycles. The summed E-state index contributed by atoms with van der Waals surface area (Å²) >= 11 is 0. The number of anilines is 1. The van der Waals surface area contributed by atoms with Crippen molar-refractivity contribution in [2.75, 3.05) is 12.0 Å². The van der Waals surface area contributed by atoms with Gasteiger partial charge in [0.05, 0.1) is 16.1 Å². The standard InChI is InChI=1S/C18H18N2O4S/c1-11-8-9-13-14(17(11)25(2,23)24)15(19)16(18(21)22)20(13)10-12-6-4-3-5-7-12/h3-9H,10,19H2,1-2H3,(H,21,22). The zero-order chi connectivity index (χ0) is 18.4. The van der Waals surface area contributed by atoms with E-state index in [4.69, 9.17) is 5.73 Å². The summed E-state index contributed by atoms with van der Waals surface area (Å²) in [6.07, 6.45) is 1.10. The molecule has 7 heteroatoms. The van der Waals surface area contributed by atoms with Crippen LogP contribution in [0.5, 0.6) is 0 Å². The van der Waals surface area contributed by atoms with E-state index in [0.29, 0.717) is 11.1 Å². The third-order valence-corrected chi connectivity index (χ3v) is 5.44. The summed E-state index contributed by atoms with van der Waals surface area (Å²) in [5, 5.41) is 9.91. The van der Waals surface area contributed by atoms with Crippen LogP contribution in [0.2, 0.25) is 0 Å². The van der Waals surface area contributed by atoms with E-state index in [1.165, 1.54) is 0 Å². The van der Waals surface area contributed by atoms with Crippen molar-refractivity contribution in [1.29, 1.82) is 0 Å². The van der Waals surface area contributed by atoms with Crippen molar-refractivity contribution in [2.45, 2.75) is 18.4 Å². The molecule has 0 fully saturated rings. The quantitative estimate of drug-likeness (QED) is 0.746. The first kappa shape index (κ1) is 17.0. The molecule has 3 N–H and O–H groups in total. The van der Waals surface area contributed by atoms with Gasteiger partial charge in [0.15, 0.2) is 15.5 Å². The molecule has 25 heavy (non-hydrogen) atoms. The number of aromatic nitrogens is 1. The number of hydrogen-bond donors (Lipinski definition) is 2. The number of carboxylic acid groups (broad SMARTS) is 1. The number of carboxylic acids is 1. The van der Waals surface area contributed by atoms with E-state index in [-0.39, 0.29) is 28.2 Å². The van der Waals surface area contributed by atoms with Crippen LogP contribution in [-0.4, -0.2) is 30.3 Å². The topological polar surface area (TPSA) is 102 Å². The van der Waals surface area contributed by atoms with E-state index in [0.717, 1.165) is 11.8 Å². The first-order chi connectivity index (χ1) is 11.7. The first-order valence-electron chi connectivity index (χ1n) is 7.60. The highest BCUT2D eigenvalue weighted by Crippen LogP contribution is 2.36. The fraction of sp³-hybridized carbons (Fsp3) is 0.167. The number of nitrogens with two attached hydrogens (primary N) is 1. The lowest BCUT2D eigenvalue weighted by Crippen LogP contribution is -2.11. The second-order valence-corrected chi connectivity index (χ2v) is 7.97. The predicted octanol–water partition coefficient (Wildman–Crippen LogP) is 2.68. The van der Waals surface area contributed by atoms with Crippen molar-refractivity contribution in [3.8, 4) is 0 Å². The van der Waals surface area contributed by atoms with Crippen molar-refractivity contribution >= 4 is 32.4 Å². The maximum absolute atomic E-state index is 12.3. The Hall–Kier alpha value is -2.80. The molecule has 0 aliphatic heterocycles. The lowest BCUT2D eigenvalue weighted by Gasteiger charge is -2.10. The van der Waals surface area contributed by atoms with Crippen LogP contribution in [0.4, 0.5) is 5.69 Å². The summed E-state index contributed by atoms with van der Waals surface area (Å²) in [7, 11) is -3.57. The monoisotopic (exact) mass is 358 g/mol. The molecule has 3 rings (SSSR count). The SMILES string of the molecule is Cc1ccc2c(c(N)c(C(=O)O)n2Cc2ccccc2)c1S(C)(=O)=O. The number of benzene rings is 2. The maximum Gasteiger partial charge on any atom is 0.354 e. The zero-order valence-corrected chi connectivity index (χ0v) is 14.7. The highest BCUT2D eigenvalue weighted by Gasteiger charge is 2.26. The molecule has 1 aromatic heterocycles. The van der Waals surface area contributed by atoms with Gasteiger partial charge in [-0.1, -0.05) is 36.4 Å². The summed E-state index contributed by atoms with van der Waals surface area (Å²) in [5.41, 5.74) is 7.89. The minimum Gasteiger partial charge on any atom is -0.477 e. The van der Waals surface area contributed by atoms with Gasteiger partial charge in [0.1, 0.15) is 0 Å². The third kappa shape index (κ3) is 2.87. The molecule has 0 saturated carbocycles. The van der Waals surface area contributed by atoms with Gasteiger partial charge in [-0.25, -0.2) is 13.2 Å². The minimum absolute atomic E-state index is 0.0254. The molecule has 1 heterocycles. The molecule has 130 valence electrons. The summed E-state index contributed by atoms with van der Waals surface area (Å²) in [6, 6.07) is 12.7. The van der Waals surface area contributed by atoms with E-state index in [2.05, 4.69) is 0 Å². The van der Waals surface area contributed by atoms with Gasteiger partial charge in [0, 0.05) is 18.2 Å². The van der Waals surface area contributed by atoms with E-state index < -0.39 is 15.8 Å². The molecule has 6 nitrogen and oxygen atoms in total. The number of hydrogen-bond acceptors (Lipinski definition) is 4. The molecule has 0 atom stereocenters. The Morgan fingerprint density at radius 1 is 1.16 bits per heavy atom. The van der Waals surface area contributed by atoms with Gasteiger partial charge in [0.25, 0.3) is 0 Å². The second-order valence-electron chi connectivity index (χ2n) is 6.02. The van der Waals surface area contributed by atoms with Crippen LogP contribution in [0.25, 0.3) is 10.9 Å². The Balaban J connectivity index is 2.41. The van der Waals surface area contributed by atoms with Crippen LogP contribution in [0.15, 0.2) is 47.4 Å². The number of aromatic carboxylic acids is 1. The van der Waals surface area contributed by atoms with Crippen LogP contribution in [-0.2, 0) is 16.4 Å². The molecular formula is C18H18N2O4S. The van der Waals surface area contributed by atoms with Gasteiger partial charge in [-0.3, -0.25) is 0 Å². The minimum atomic E-state index is -3.57. The normalized spacial score (nSPS) is 11.8. The fourth-order valence-electron chi connectivity index (χ4n) is 3.18. The van der Waals surface area contributed by atoms with Crippen LogP contribution in [0, 0.1) is 6.92 Å². The van der Waals surface area contributed by atoms with Crippen LogP contribution in [0.1, 0.15) is 21.6 Å². The van der Waals surface area contributed by atoms with Crippen molar-refractivity contribution in [1.82, 2.24) is 4.57 Å². The predicted molar refractivity (Wildman–Crippen MR) is 96.7 cm³/mol. The highest BCUT2D eigenvalue weighted by molar-refractivity contribution is 7.91. The Morgan fingerprint density at radius 2 is 1.80 bits per heavy atom. The van der Waals surface area contributed by atoms with Crippen molar-refractivity contribution < 1.29 is 18.3 Å². The van der Waals surface area contributed by atoms with Gasteiger partial charge >= 0.3 is 5.97 Å². The van der Waals surface area contributed by atoms with Crippen LogP contribution >= 0.6 is 0 Å². The van der Waals surface area contributed by atoms with Gasteiger partial charge in [-0.05, 0) is 24.1 Å². The zero-order valence-electron chi connectivity index (χ0n) is 13.9. The lowest BCUT2D eigenvalue weighted by atomic mass is 10.1. The molecule has 0 radical (unpaired) electrons. The number of aryl methyl sites for hydroxylation is 1. The average Bonchev–Trinajstić information content (AvgIpc) is 2.79. The summed E-state index contributed by atoms with van der Waals surface area (Å²) in [5.74, 6) is -1.19.